The zero-order valence-corrected chi connectivity index (χ0v) is 11.3. The van der Waals surface area contributed by atoms with Crippen LogP contribution in [-0.2, 0) is 11.2 Å². The van der Waals surface area contributed by atoms with E-state index in [1.54, 1.807) is 0 Å². The lowest BCUT2D eigenvalue weighted by Crippen LogP contribution is -2.35. The van der Waals surface area contributed by atoms with Crippen LogP contribution in [0.5, 0.6) is 0 Å². The van der Waals surface area contributed by atoms with Gasteiger partial charge in [-0.2, -0.15) is 0 Å². The van der Waals surface area contributed by atoms with Crippen LogP contribution in [0.4, 0.5) is 0 Å². The predicted molar refractivity (Wildman–Crippen MR) is 73.3 cm³/mol. The molecule has 0 unspecified atom stereocenters. The normalized spacial score (nSPS) is 11.3. The lowest BCUT2D eigenvalue weighted by molar-refractivity contribution is -0.120. The molecular formula is C15H23NO2. The Morgan fingerprint density at radius 3 is 2.56 bits per heavy atom. The number of benzene rings is 1. The van der Waals surface area contributed by atoms with Crippen LogP contribution < -0.4 is 5.32 Å². The molecule has 0 saturated carbocycles. The van der Waals surface area contributed by atoms with Crippen LogP contribution in [0.2, 0.25) is 0 Å². The molecule has 0 aliphatic carbocycles. The maximum absolute atomic E-state index is 11.8. The minimum Gasteiger partial charge on any atom is -0.396 e. The molecule has 0 heterocycles. The van der Waals surface area contributed by atoms with Gasteiger partial charge >= 0.3 is 0 Å². The molecule has 2 N–H and O–H groups in total. The van der Waals surface area contributed by atoms with E-state index < -0.39 is 0 Å². The number of aliphatic hydroxyl groups excluding tert-OH is 1. The molecule has 0 saturated heterocycles. The number of hydrogen-bond acceptors (Lipinski definition) is 2. The zero-order valence-electron chi connectivity index (χ0n) is 11.3. The van der Waals surface area contributed by atoms with Gasteiger partial charge in [-0.05, 0) is 23.8 Å². The summed E-state index contributed by atoms with van der Waals surface area (Å²) in [5.74, 6) is 0.0540. The first-order chi connectivity index (χ1) is 8.53. The number of rotatable bonds is 7. The summed E-state index contributed by atoms with van der Waals surface area (Å²) in [6.45, 7) is 5.07. The van der Waals surface area contributed by atoms with Crippen LogP contribution in [-0.4, -0.2) is 24.2 Å². The van der Waals surface area contributed by atoms with Gasteiger partial charge in [0.05, 0.1) is 6.42 Å². The van der Waals surface area contributed by atoms with Crippen LogP contribution in [0.3, 0.4) is 0 Å². The van der Waals surface area contributed by atoms with Crippen molar-refractivity contribution in [1.29, 1.82) is 0 Å². The molecule has 0 fully saturated rings. The summed E-state index contributed by atoms with van der Waals surface area (Å²) >= 11 is 0. The van der Waals surface area contributed by atoms with Crippen LogP contribution in [0.1, 0.15) is 32.3 Å². The average Bonchev–Trinajstić information content (AvgIpc) is 2.36. The van der Waals surface area contributed by atoms with Crippen molar-refractivity contribution < 1.29 is 9.90 Å². The molecule has 100 valence electrons. The van der Waals surface area contributed by atoms with Gasteiger partial charge in [0.25, 0.3) is 0 Å². The van der Waals surface area contributed by atoms with Gasteiger partial charge in [-0.1, -0.05) is 44.2 Å². The van der Waals surface area contributed by atoms with Crippen molar-refractivity contribution in [2.75, 3.05) is 13.2 Å². The molecule has 0 spiro atoms. The third-order valence-electron chi connectivity index (χ3n) is 2.98. The summed E-state index contributed by atoms with van der Waals surface area (Å²) in [6, 6.07) is 9.73. The van der Waals surface area contributed by atoms with E-state index in [-0.39, 0.29) is 17.9 Å². The first-order valence-electron chi connectivity index (χ1n) is 6.45. The highest BCUT2D eigenvalue weighted by Crippen LogP contribution is 2.20. The Morgan fingerprint density at radius 2 is 1.94 bits per heavy atom. The predicted octanol–water partition coefficient (Wildman–Crippen LogP) is 2.14. The second-order valence-electron chi connectivity index (χ2n) is 5.43. The van der Waals surface area contributed by atoms with E-state index in [0.29, 0.717) is 13.0 Å². The number of carbonyl (C=O) groups is 1. The summed E-state index contributed by atoms with van der Waals surface area (Å²) in [7, 11) is 0. The van der Waals surface area contributed by atoms with Crippen molar-refractivity contribution >= 4 is 5.91 Å². The maximum Gasteiger partial charge on any atom is 0.224 e. The van der Waals surface area contributed by atoms with E-state index in [2.05, 4.69) is 19.2 Å². The highest BCUT2D eigenvalue weighted by Gasteiger charge is 2.18. The second kappa shape index (κ2) is 7.17. The molecule has 3 nitrogen and oxygen atoms in total. The van der Waals surface area contributed by atoms with E-state index in [4.69, 9.17) is 5.11 Å². The van der Waals surface area contributed by atoms with Crippen LogP contribution >= 0.6 is 0 Å². The van der Waals surface area contributed by atoms with Crippen molar-refractivity contribution in [3.63, 3.8) is 0 Å². The molecule has 1 amide bonds. The minimum atomic E-state index is 0.0368. The highest BCUT2D eigenvalue weighted by atomic mass is 16.2. The number of hydrogen-bond donors (Lipinski definition) is 2. The fourth-order valence-electron chi connectivity index (χ4n) is 1.83. The second-order valence-corrected chi connectivity index (χ2v) is 5.43. The fraction of sp³-hybridized carbons (Fsp3) is 0.533. The number of nitrogens with one attached hydrogen (secondary N) is 1. The Morgan fingerprint density at radius 1 is 1.28 bits per heavy atom. The average molecular weight is 249 g/mol. The van der Waals surface area contributed by atoms with Crippen molar-refractivity contribution in [3.8, 4) is 0 Å². The van der Waals surface area contributed by atoms with E-state index in [1.165, 1.54) is 0 Å². The maximum atomic E-state index is 11.8. The zero-order chi connectivity index (χ0) is 13.4. The molecule has 1 aromatic carbocycles. The lowest BCUT2D eigenvalue weighted by Gasteiger charge is -2.24. The summed E-state index contributed by atoms with van der Waals surface area (Å²) < 4.78 is 0. The number of aliphatic hydroxyl groups is 1. The third kappa shape index (κ3) is 5.82. The molecule has 18 heavy (non-hydrogen) atoms. The van der Waals surface area contributed by atoms with Gasteiger partial charge in [0.15, 0.2) is 0 Å². The molecular weight excluding hydrogens is 226 g/mol. The molecule has 0 aliphatic rings. The summed E-state index contributed by atoms with van der Waals surface area (Å²) in [5, 5.41) is 11.8. The van der Waals surface area contributed by atoms with Gasteiger partial charge in [-0.3, -0.25) is 4.79 Å². The Balaban J connectivity index is 2.33. The van der Waals surface area contributed by atoms with Crippen molar-refractivity contribution in [1.82, 2.24) is 5.32 Å². The Bertz CT molecular complexity index is 360. The van der Waals surface area contributed by atoms with Gasteiger partial charge in [0, 0.05) is 13.2 Å². The van der Waals surface area contributed by atoms with Crippen molar-refractivity contribution in [2.45, 2.75) is 33.1 Å². The van der Waals surface area contributed by atoms with Crippen LogP contribution in [0, 0.1) is 5.41 Å². The molecule has 0 aromatic heterocycles. The van der Waals surface area contributed by atoms with Gasteiger partial charge < -0.3 is 10.4 Å². The molecule has 0 aliphatic heterocycles. The summed E-state index contributed by atoms with van der Waals surface area (Å²) in [5.41, 5.74) is 1.07. The van der Waals surface area contributed by atoms with E-state index >= 15 is 0 Å². The SMILES string of the molecule is CC(C)(CCCO)CNC(=O)Cc1ccccc1. The van der Waals surface area contributed by atoms with Gasteiger partial charge in [-0.15, -0.1) is 0 Å². The Labute approximate surface area is 109 Å². The first-order valence-corrected chi connectivity index (χ1v) is 6.45. The molecule has 0 radical (unpaired) electrons. The minimum absolute atomic E-state index is 0.0368. The van der Waals surface area contributed by atoms with Gasteiger partial charge in [0.1, 0.15) is 0 Å². The van der Waals surface area contributed by atoms with Gasteiger partial charge in [-0.25, -0.2) is 0 Å². The van der Waals surface area contributed by atoms with Crippen LogP contribution in [0.25, 0.3) is 0 Å². The molecule has 1 aromatic rings. The smallest absolute Gasteiger partial charge is 0.224 e. The Hall–Kier alpha value is -1.35. The van der Waals surface area contributed by atoms with Crippen LogP contribution in [0.15, 0.2) is 30.3 Å². The largest absolute Gasteiger partial charge is 0.396 e. The van der Waals surface area contributed by atoms with Crippen molar-refractivity contribution in [2.24, 2.45) is 5.41 Å². The standard InChI is InChI=1S/C15H23NO2/c1-15(2,9-6-10-17)12-16-14(18)11-13-7-4-3-5-8-13/h3-5,7-8,17H,6,9-12H2,1-2H3,(H,16,18). The third-order valence-corrected chi connectivity index (χ3v) is 2.98. The molecule has 3 heteroatoms. The topological polar surface area (TPSA) is 49.3 Å². The quantitative estimate of drug-likeness (QED) is 0.778. The molecule has 0 bridgehead atoms. The van der Waals surface area contributed by atoms with E-state index in [9.17, 15) is 4.79 Å². The number of carbonyl (C=O) groups excluding carboxylic acids is 1. The summed E-state index contributed by atoms with van der Waals surface area (Å²) in [6.07, 6.45) is 2.12. The molecule has 0 atom stereocenters. The molecule has 1 rings (SSSR count). The van der Waals surface area contributed by atoms with Crippen molar-refractivity contribution in [3.05, 3.63) is 35.9 Å². The monoisotopic (exact) mass is 249 g/mol. The number of amides is 1. The van der Waals surface area contributed by atoms with Gasteiger partial charge in [0.2, 0.25) is 5.91 Å². The summed E-state index contributed by atoms with van der Waals surface area (Å²) in [4.78, 5) is 11.8. The Kier molecular flexibility index (Phi) is 5.86. The first kappa shape index (κ1) is 14.7. The lowest BCUT2D eigenvalue weighted by atomic mass is 9.88. The highest BCUT2D eigenvalue weighted by molar-refractivity contribution is 5.78. The van der Waals surface area contributed by atoms with E-state index in [1.807, 2.05) is 30.3 Å². The fourth-order valence-corrected chi connectivity index (χ4v) is 1.83. The van der Waals surface area contributed by atoms with E-state index in [0.717, 1.165) is 18.4 Å².